The summed E-state index contributed by atoms with van der Waals surface area (Å²) in [6, 6.07) is 4.77. The summed E-state index contributed by atoms with van der Waals surface area (Å²) in [5.74, 6) is 0.184. The summed E-state index contributed by atoms with van der Waals surface area (Å²) in [5.41, 5.74) is 7.37. The van der Waals surface area contributed by atoms with Gasteiger partial charge in [-0.05, 0) is 31.5 Å². The molecule has 0 aromatic heterocycles. The zero-order valence-electron chi connectivity index (χ0n) is 11.8. The van der Waals surface area contributed by atoms with Crippen molar-refractivity contribution in [1.29, 1.82) is 0 Å². The molecule has 0 amide bonds. The molecule has 0 unspecified atom stereocenters. The Morgan fingerprint density at radius 2 is 2.20 bits per heavy atom. The third kappa shape index (κ3) is 6.74. The minimum Gasteiger partial charge on any atom is -0.491 e. The third-order valence-electron chi connectivity index (χ3n) is 2.30. The molecule has 6 heteroatoms. The monoisotopic (exact) mass is 393 g/mol. The molecule has 4 nitrogen and oxygen atoms in total. The van der Waals surface area contributed by atoms with E-state index >= 15 is 0 Å². The smallest absolute Gasteiger partial charge is 0.189 e. The van der Waals surface area contributed by atoms with Crippen molar-refractivity contribution < 1.29 is 9.13 Å². The standard InChI is InChI=1S/C14H20FN3O.HI/c1-4-19-13-6-5-11(7-12(13)15)9-18-14(16)17-8-10(2)3;/h5-7H,2,4,8-9H2,1,3H3,(H3,16,17,18);1H. The number of nitrogens with zero attached hydrogens (tertiary/aromatic N) is 1. The Morgan fingerprint density at radius 3 is 2.75 bits per heavy atom. The van der Waals surface area contributed by atoms with Gasteiger partial charge in [0.05, 0.1) is 13.2 Å². The van der Waals surface area contributed by atoms with E-state index in [0.717, 1.165) is 11.1 Å². The molecule has 0 aliphatic rings. The Morgan fingerprint density at radius 1 is 1.50 bits per heavy atom. The van der Waals surface area contributed by atoms with Crippen LogP contribution >= 0.6 is 24.0 Å². The second-order valence-electron chi connectivity index (χ2n) is 4.21. The maximum absolute atomic E-state index is 13.6. The van der Waals surface area contributed by atoms with Crippen LogP contribution in [-0.2, 0) is 6.54 Å². The lowest BCUT2D eigenvalue weighted by Gasteiger charge is -2.07. The zero-order chi connectivity index (χ0) is 14.3. The minimum absolute atomic E-state index is 0. The molecule has 0 saturated heterocycles. The molecular formula is C14H21FIN3O. The van der Waals surface area contributed by atoms with Crippen LogP contribution in [0.2, 0.25) is 0 Å². The van der Waals surface area contributed by atoms with E-state index in [1.165, 1.54) is 6.07 Å². The van der Waals surface area contributed by atoms with Crippen molar-refractivity contribution in [3.05, 3.63) is 41.7 Å². The number of ether oxygens (including phenoxy) is 1. The zero-order valence-corrected chi connectivity index (χ0v) is 14.1. The number of nitrogens with one attached hydrogen (secondary N) is 1. The van der Waals surface area contributed by atoms with E-state index in [1.807, 2.05) is 13.8 Å². The highest BCUT2D eigenvalue weighted by atomic mass is 127. The third-order valence-corrected chi connectivity index (χ3v) is 2.30. The Labute approximate surface area is 136 Å². The highest BCUT2D eigenvalue weighted by Gasteiger charge is 2.03. The van der Waals surface area contributed by atoms with Crippen molar-refractivity contribution >= 4 is 29.9 Å². The molecule has 0 aliphatic heterocycles. The summed E-state index contributed by atoms with van der Waals surface area (Å²) < 4.78 is 18.7. The van der Waals surface area contributed by atoms with Gasteiger partial charge in [0.1, 0.15) is 0 Å². The number of hydrogen-bond acceptors (Lipinski definition) is 2. The highest BCUT2D eigenvalue weighted by molar-refractivity contribution is 14.0. The lowest BCUT2D eigenvalue weighted by Crippen LogP contribution is -2.32. The van der Waals surface area contributed by atoms with Crippen molar-refractivity contribution in [3.8, 4) is 5.75 Å². The Kier molecular flexibility index (Phi) is 8.94. The van der Waals surface area contributed by atoms with Crippen molar-refractivity contribution in [3.63, 3.8) is 0 Å². The first-order chi connectivity index (χ1) is 9.02. The molecule has 20 heavy (non-hydrogen) atoms. The van der Waals surface area contributed by atoms with Crippen LogP contribution in [0.15, 0.2) is 35.3 Å². The van der Waals surface area contributed by atoms with E-state index in [9.17, 15) is 4.39 Å². The number of hydrogen-bond donors (Lipinski definition) is 2. The van der Waals surface area contributed by atoms with E-state index in [-0.39, 0.29) is 35.5 Å². The molecular weight excluding hydrogens is 372 g/mol. The Bertz CT molecular complexity index is 477. The van der Waals surface area contributed by atoms with Gasteiger partial charge in [0.2, 0.25) is 0 Å². The number of rotatable bonds is 6. The van der Waals surface area contributed by atoms with Crippen molar-refractivity contribution in [2.24, 2.45) is 10.7 Å². The summed E-state index contributed by atoms with van der Waals surface area (Å²) in [4.78, 5) is 4.12. The van der Waals surface area contributed by atoms with Crippen LogP contribution in [0, 0.1) is 5.82 Å². The molecule has 0 aliphatic carbocycles. The average Bonchev–Trinajstić information content (AvgIpc) is 2.37. The number of benzene rings is 1. The first-order valence-corrected chi connectivity index (χ1v) is 6.12. The molecule has 0 saturated carbocycles. The van der Waals surface area contributed by atoms with Gasteiger partial charge in [-0.3, -0.25) is 0 Å². The molecule has 1 rings (SSSR count). The van der Waals surface area contributed by atoms with Crippen molar-refractivity contribution in [2.45, 2.75) is 20.4 Å². The van der Waals surface area contributed by atoms with E-state index in [1.54, 1.807) is 12.1 Å². The van der Waals surface area contributed by atoms with Crippen LogP contribution in [0.25, 0.3) is 0 Å². The maximum atomic E-state index is 13.6. The van der Waals surface area contributed by atoms with Gasteiger partial charge in [-0.25, -0.2) is 9.38 Å². The molecule has 0 radical (unpaired) electrons. The SMILES string of the molecule is C=C(C)CNC(N)=NCc1ccc(OCC)c(F)c1.I. The predicted octanol–water partition coefficient (Wildman–Crippen LogP) is 2.82. The highest BCUT2D eigenvalue weighted by Crippen LogP contribution is 2.18. The molecule has 0 bridgehead atoms. The first kappa shape index (κ1) is 18.7. The Hall–Kier alpha value is -1.31. The van der Waals surface area contributed by atoms with Gasteiger partial charge < -0.3 is 15.8 Å². The van der Waals surface area contributed by atoms with Gasteiger partial charge >= 0.3 is 0 Å². The second-order valence-corrected chi connectivity index (χ2v) is 4.21. The molecule has 0 heterocycles. The molecule has 0 atom stereocenters. The quantitative estimate of drug-likeness (QED) is 0.338. The molecule has 1 aromatic rings. The van der Waals surface area contributed by atoms with Crippen molar-refractivity contribution in [1.82, 2.24) is 5.32 Å². The second kappa shape index (κ2) is 9.57. The van der Waals surface area contributed by atoms with Crippen LogP contribution in [-0.4, -0.2) is 19.1 Å². The molecule has 0 spiro atoms. The lowest BCUT2D eigenvalue weighted by atomic mass is 10.2. The van der Waals surface area contributed by atoms with Gasteiger partial charge in [-0.2, -0.15) is 0 Å². The molecule has 0 fully saturated rings. The summed E-state index contributed by atoms with van der Waals surface area (Å²) in [6.07, 6.45) is 0. The minimum atomic E-state index is -0.386. The summed E-state index contributed by atoms with van der Waals surface area (Å²) in [7, 11) is 0. The van der Waals surface area contributed by atoms with Crippen LogP contribution in [0.5, 0.6) is 5.75 Å². The van der Waals surface area contributed by atoms with Gasteiger partial charge in [0, 0.05) is 6.54 Å². The van der Waals surface area contributed by atoms with E-state index in [2.05, 4.69) is 16.9 Å². The topological polar surface area (TPSA) is 59.6 Å². The fraction of sp³-hybridized carbons (Fsp3) is 0.357. The fourth-order valence-electron chi connectivity index (χ4n) is 1.39. The van der Waals surface area contributed by atoms with Gasteiger partial charge in [-0.1, -0.05) is 18.2 Å². The van der Waals surface area contributed by atoms with Crippen LogP contribution in [0.4, 0.5) is 4.39 Å². The van der Waals surface area contributed by atoms with E-state index in [0.29, 0.717) is 25.7 Å². The molecule has 112 valence electrons. The summed E-state index contributed by atoms with van der Waals surface area (Å²) >= 11 is 0. The maximum Gasteiger partial charge on any atom is 0.189 e. The van der Waals surface area contributed by atoms with Crippen LogP contribution < -0.4 is 15.8 Å². The molecule has 1 aromatic carbocycles. The van der Waals surface area contributed by atoms with Crippen LogP contribution in [0.1, 0.15) is 19.4 Å². The number of nitrogens with two attached hydrogens (primary N) is 1. The van der Waals surface area contributed by atoms with Gasteiger partial charge in [-0.15, -0.1) is 24.0 Å². The van der Waals surface area contributed by atoms with E-state index in [4.69, 9.17) is 10.5 Å². The fourth-order valence-corrected chi connectivity index (χ4v) is 1.39. The average molecular weight is 393 g/mol. The summed E-state index contributed by atoms with van der Waals surface area (Å²) in [5, 5.41) is 2.91. The van der Waals surface area contributed by atoms with Crippen molar-refractivity contribution in [2.75, 3.05) is 13.2 Å². The van der Waals surface area contributed by atoms with Gasteiger partial charge in [0.25, 0.3) is 0 Å². The number of halogens is 2. The Balaban J connectivity index is 0.00000361. The lowest BCUT2D eigenvalue weighted by molar-refractivity contribution is 0.321. The number of guanidine groups is 1. The number of aliphatic imine (C=N–C) groups is 1. The van der Waals surface area contributed by atoms with E-state index < -0.39 is 0 Å². The van der Waals surface area contributed by atoms with Gasteiger partial charge in [0.15, 0.2) is 17.5 Å². The van der Waals surface area contributed by atoms with Crippen LogP contribution in [0.3, 0.4) is 0 Å². The largest absolute Gasteiger partial charge is 0.491 e. The summed E-state index contributed by atoms with van der Waals surface area (Å²) in [6.45, 7) is 8.78. The predicted molar refractivity (Wildman–Crippen MR) is 91.1 cm³/mol. The normalized spacial score (nSPS) is 10.7. The molecule has 3 N–H and O–H groups in total. The first-order valence-electron chi connectivity index (χ1n) is 6.12.